The van der Waals surface area contributed by atoms with Gasteiger partial charge in [-0.15, -0.1) is 0 Å². The van der Waals surface area contributed by atoms with Crippen molar-refractivity contribution in [3.05, 3.63) is 42.0 Å². The molecule has 14 heavy (non-hydrogen) atoms. The van der Waals surface area contributed by atoms with Gasteiger partial charge in [0.15, 0.2) is 0 Å². The molecule has 0 saturated heterocycles. The molecule has 0 aromatic heterocycles. The predicted octanol–water partition coefficient (Wildman–Crippen LogP) is 3.89. The van der Waals surface area contributed by atoms with Crippen molar-refractivity contribution in [1.82, 2.24) is 0 Å². The third kappa shape index (κ3) is 1.39. The van der Waals surface area contributed by atoms with Crippen molar-refractivity contribution in [2.75, 3.05) is 0 Å². The number of rotatable bonds is 1. The average molecular weight is 184 g/mol. The molecule has 0 N–H and O–H groups in total. The molecule has 0 heterocycles. The van der Waals surface area contributed by atoms with E-state index in [0.29, 0.717) is 0 Å². The van der Waals surface area contributed by atoms with E-state index in [4.69, 9.17) is 0 Å². The summed E-state index contributed by atoms with van der Waals surface area (Å²) in [6.45, 7) is 0. The normalized spacial score (nSPS) is 30.1. The summed E-state index contributed by atoms with van der Waals surface area (Å²) in [5.41, 5.74) is 3.05. The Bertz CT molecular complexity index is 348. The van der Waals surface area contributed by atoms with Gasteiger partial charge in [-0.25, -0.2) is 0 Å². The Balaban J connectivity index is 1.93. The molecular weight excluding hydrogens is 168 g/mol. The number of hydrogen-bond acceptors (Lipinski definition) is 0. The number of hydrogen-bond donors (Lipinski definition) is 0. The van der Waals surface area contributed by atoms with E-state index in [-0.39, 0.29) is 0 Å². The second-order valence-electron chi connectivity index (χ2n) is 4.70. The zero-order valence-electron chi connectivity index (χ0n) is 8.45. The molecule has 1 saturated carbocycles. The van der Waals surface area contributed by atoms with Gasteiger partial charge in [0.25, 0.3) is 0 Å². The Morgan fingerprint density at radius 3 is 2.64 bits per heavy atom. The van der Waals surface area contributed by atoms with Crippen molar-refractivity contribution >= 4 is 5.57 Å². The molecule has 0 aliphatic heterocycles. The molecule has 0 radical (unpaired) electrons. The van der Waals surface area contributed by atoms with Gasteiger partial charge in [-0.05, 0) is 48.7 Å². The fourth-order valence-electron chi connectivity index (χ4n) is 2.98. The summed E-state index contributed by atoms with van der Waals surface area (Å²) in [5, 5.41) is 0. The van der Waals surface area contributed by atoms with Crippen LogP contribution in [0, 0.1) is 11.8 Å². The maximum atomic E-state index is 2.53. The standard InChI is InChI=1S/C14H16/c1-2-4-13(5-3-1)14-9-11-6-7-12(8-11)10-14/h1-5,9,11-12H,6-8,10H2/t11-,12-/m0/s1. The molecule has 0 amide bonds. The third-order valence-electron chi connectivity index (χ3n) is 3.67. The van der Waals surface area contributed by atoms with Crippen molar-refractivity contribution in [2.24, 2.45) is 11.8 Å². The highest BCUT2D eigenvalue weighted by Crippen LogP contribution is 2.43. The topological polar surface area (TPSA) is 0 Å². The largest absolute Gasteiger partial charge is 0.0776 e. The van der Waals surface area contributed by atoms with Crippen LogP contribution < -0.4 is 0 Å². The first-order chi connectivity index (χ1) is 6.92. The van der Waals surface area contributed by atoms with E-state index in [1.54, 1.807) is 5.57 Å². The summed E-state index contributed by atoms with van der Waals surface area (Å²) in [6.07, 6.45) is 8.19. The Hall–Kier alpha value is -1.04. The van der Waals surface area contributed by atoms with Crippen LogP contribution in [-0.4, -0.2) is 0 Å². The fraction of sp³-hybridized carbons (Fsp3) is 0.429. The van der Waals surface area contributed by atoms with Crippen LogP contribution in [-0.2, 0) is 0 Å². The van der Waals surface area contributed by atoms with Gasteiger partial charge in [0.1, 0.15) is 0 Å². The number of allylic oxidation sites excluding steroid dienone is 2. The second kappa shape index (κ2) is 3.27. The van der Waals surface area contributed by atoms with Gasteiger partial charge in [0.2, 0.25) is 0 Å². The molecule has 0 heteroatoms. The minimum atomic E-state index is 0.893. The first kappa shape index (κ1) is 8.28. The fourth-order valence-corrected chi connectivity index (χ4v) is 2.98. The van der Waals surface area contributed by atoms with Gasteiger partial charge < -0.3 is 0 Å². The lowest BCUT2D eigenvalue weighted by Gasteiger charge is -2.19. The van der Waals surface area contributed by atoms with E-state index in [1.807, 2.05) is 0 Å². The van der Waals surface area contributed by atoms with E-state index in [1.165, 1.54) is 31.2 Å². The van der Waals surface area contributed by atoms with Crippen LogP contribution >= 0.6 is 0 Å². The van der Waals surface area contributed by atoms with Crippen molar-refractivity contribution in [2.45, 2.75) is 25.7 Å². The van der Waals surface area contributed by atoms with Crippen LogP contribution in [0.3, 0.4) is 0 Å². The van der Waals surface area contributed by atoms with E-state index in [9.17, 15) is 0 Å². The lowest BCUT2D eigenvalue weighted by atomic mass is 9.86. The van der Waals surface area contributed by atoms with Crippen molar-refractivity contribution < 1.29 is 0 Å². The van der Waals surface area contributed by atoms with Crippen molar-refractivity contribution in [3.8, 4) is 0 Å². The monoisotopic (exact) mass is 184 g/mol. The highest BCUT2D eigenvalue weighted by Gasteiger charge is 2.28. The highest BCUT2D eigenvalue weighted by molar-refractivity contribution is 5.67. The maximum absolute atomic E-state index is 2.53. The molecular formula is C14H16. The van der Waals surface area contributed by atoms with Gasteiger partial charge in [-0.3, -0.25) is 0 Å². The summed E-state index contributed by atoms with van der Waals surface area (Å²) < 4.78 is 0. The molecule has 0 nitrogen and oxygen atoms in total. The van der Waals surface area contributed by atoms with E-state index >= 15 is 0 Å². The lowest BCUT2D eigenvalue weighted by molar-refractivity contribution is 0.529. The van der Waals surface area contributed by atoms with Gasteiger partial charge in [0, 0.05) is 0 Å². The van der Waals surface area contributed by atoms with E-state index in [0.717, 1.165) is 11.8 Å². The Morgan fingerprint density at radius 2 is 1.86 bits per heavy atom. The SMILES string of the molecule is C1=C(c2ccccc2)C[C@H]2CC[C@H]1C2. The molecule has 2 aliphatic carbocycles. The van der Waals surface area contributed by atoms with Crippen LogP contribution in [0.2, 0.25) is 0 Å². The summed E-state index contributed by atoms with van der Waals surface area (Å²) >= 11 is 0. The number of fused-ring (bicyclic) bond motifs is 2. The summed E-state index contributed by atoms with van der Waals surface area (Å²) in [4.78, 5) is 0. The van der Waals surface area contributed by atoms with E-state index in [2.05, 4.69) is 36.4 Å². The molecule has 1 aromatic rings. The first-order valence-corrected chi connectivity index (χ1v) is 5.68. The Morgan fingerprint density at radius 1 is 1.00 bits per heavy atom. The summed E-state index contributed by atoms with van der Waals surface area (Å²) in [7, 11) is 0. The van der Waals surface area contributed by atoms with Crippen molar-refractivity contribution in [1.29, 1.82) is 0 Å². The lowest BCUT2D eigenvalue weighted by Crippen LogP contribution is -2.03. The van der Waals surface area contributed by atoms with Gasteiger partial charge in [-0.2, -0.15) is 0 Å². The molecule has 3 rings (SSSR count). The first-order valence-electron chi connectivity index (χ1n) is 5.68. The third-order valence-corrected chi connectivity index (χ3v) is 3.67. The van der Waals surface area contributed by atoms with Crippen LogP contribution in [0.25, 0.3) is 5.57 Å². The second-order valence-corrected chi connectivity index (χ2v) is 4.70. The minimum absolute atomic E-state index is 0.893. The average Bonchev–Trinajstić information content (AvgIpc) is 2.59. The predicted molar refractivity (Wildman–Crippen MR) is 59.9 cm³/mol. The molecule has 1 fully saturated rings. The summed E-state index contributed by atoms with van der Waals surface area (Å²) in [6, 6.07) is 10.9. The van der Waals surface area contributed by atoms with Crippen LogP contribution in [0.1, 0.15) is 31.2 Å². The zero-order chi connectivity index (χ0) is 9.38. The molecule has 72 valence electrons. The molecule has 2 aliphatic rings. The molecule has 0 spiro atoms. The van der Waals surface area contributed by atoms with Gasteiger partial charge in [0.05, 0.1) is 0 Å². The molecule has 0 unspecified atom stereocenters. The summed E-state index contributed by atoms with van der Waals surface area (Å²) in [5.74, 6) is 1.88. The molecule has 2 atom stereocenters. The number of benzene rings is 1. The van der Waals surface area contributed by atoms with Crippen LogP contribution in [0.15, 0.2) is 36.4 Å². The zero-order valence-corrected chi connectivity index (χ0v) is 8.45. The maximum Gasteiger partial charge on any atom is -0.0225 e. The Labute approximate surface area is 85.6 Å². The van der Waals surface area contributed by atoms with Crippen LogP contribution in [0.5, 0.6) is 0 Å². The smallest absolute Gasteiger partial charge is 0.0225 e. The van der Waals surface area contributed by atoms with Gasteiger partial charge in [-0.1, -0.05) is 36.4 Å². The van der Waals surface area contributed by atoms with Crippen molar-refractivity contribution in [3.63, 3.8) is 0 Å². The van der Waals surface area contributed by atoms with Gasteiger partial charge >= 0.3 is 0 Å². The molecule has 2 bridgehead atoms. The highest BCUT2D eigenvalue weighted by atomic mass is 14.3. The van der Waals surface area contributed by atoms with E-state index < -0.39 is 0 Å². The molecule has 1 aromatic carbocycles. The minimum Gasteiger partial charge on any atom is -0.0776 e. The Kier molecular flexibility index (Phi) is 1.93. The van der Waals surface area contributed by atoms with Crippen LogP contribution in [0.4, 0.5) is 0 Å². The quantitative estimate of drug-likeness (QED) is 0.621.